The summed E-state index contributed by atoms with van der Waals surface area (Å²) in [5, 5.41) is 4.06. The lowest BCUT2D eigenvalue weighted by Crippen LogP contribution is -2.27. The van der Waals surface area contributed by atoms with Crippen molar-refractivity contribution in [1.29, 1.82) is 0 Å². The number of nitrogens with two attached hydrogens (primary N) is 1. The van der Waals surface area contributed by atoms with E-state index in [0.29, 0.717) is 16.2 Å². The average molecular weight is 247 g/mol. The molecule has 1 saturated heterocycles. The molecule has 1 aromatic heterocycles. The summed E-state index contributed by atoms with van der Waals surface area (Å²) in [6, 6.07) is 0. The standard InChI is InChI=1S/C9H12Cl2N4/c10-7-6(5-1-3-13-4-2-5)8(11)15-9(12)14-7/h5,13H,1-4H2,(H2,12,14,15). The molecule has 15 heavy (non-hydrogen) atoms. The predicted octanol–water partition coefficient (Wildman–Crippen LogP) is 1.83. The van der Waals surface area contributed by atoms with Crippen LogP contribution in [0.25, 0.3) is 0 Å². The Kier molecular flexibility index (Phi) is 3.29. The van der Waals surface area contributed by atoms with Crippen molar-refractivity contribution in [3.63, 3.8) is 0 Å². The maximum Gasteiger partial charge on any atom is 0.222 e. The first-order valence-electron chi connectivity index (χ1n) is 4.87. The van der Waals surface area contributed by atoms with Crippen LogP contribution < -0.4 is 11.1 Å². The maximum absolute atomic E-state index is 6.03. The Morgan fingerprint density at radius 2 is 1.67 bits per heavy atom. The van der Waals surface area contributed by atoms with E-state index in [1.807, 2.05) is 0 Å². The van der Waals surface area contributed by atoms with E-state index in [2.05, 4.69) is 15.3 Å². The van der Waals surface area contributed by atoms with Crippen LogP contribution in [0.4, 0.5) is 5.95 Å². The average Bonchev–Trinajstić information content (AvgIpc) is 2.17. The van der Waals surface area contributed by atoms with E-state index < -0.39 is 0 Å². The minimum absolute atomic E-state index is 0.127. The highest BCUT2D eigenvalue weighted by Gasteiger charge is 2.22. The quantitative estimate of drug-likeness (QED) is 0.743. The third kappa shape index (κ3) is 2.33. The maximum atomic E-state index is 6.03. The minimum atomic E-state index is 0.127. The molecule has 1 aliphatic rings. The summed E-state index contributed by atoms with van der Waals surface area (Å²) in [6.45, 7) is 1.95. The van der Waals surface area contributed by atoms with Crippen molar-refractivity contribution < 1.29 is 0 Å². The SMILES string of the molecule is Nc1nc(Cl)c(C2CCNCC2)c(Cl)n1. The molecule has 0 unspecified atom stereocenters. The molecule has 4 nitrogen and oxygen atoms in total. The van der Waals surface area contributed by atoms with Crippen molar-refractivity contribution in [1.82, 2.24) is 15.3 Å². The van der Waals surface area contributed by atoms with E-state index in [4.69, 9.17) is 28.9 Å². The molecule has 0 atom stereocenters. The molecule has 0 saturated carbocycles. The summed E-state index contributed by atoms with van der Waals surface area (Å²) in [5.41, 5.74) is 6.30. The van der Waals surface area contributed by atoms with Crippen molar-refractivity contribution >= 4 is 29.2 Å². The van der Waals surface area contributed by atoms with Gasteiger partial charge in [0.1, 0.15) is 10.3 Å². The summed E-state index contributed by atoms with van der Waals surface area (Å²) < 4.78 is 0. The van der Waals surface area contributed by atoms with Crippen LogP contribution in [0.2, 0.25) is 10.3 Å². The van der Waals surface area contributed by atoms with Gasteiger partial charge >= 0.3 is 0 Å². The largest absolute Gasteiger partial charge is 0.368 e. The molecule has 0 radical (unpaired) electrons. The van der Waals surface area contributed by atoms with Gasteiger partial charge in [-0.05, 0) is 31.8 Å². The summed E-state index contributed by atoms with van der Waals surface area (Å²) in [5.74, 6) is 0.467. The molecule has 0 bridgehead atoms. The lowest BCUT2D eigenvalue weighted by molar-refractivity contribution is 0.459. The molecule has 1 aliphatic heterocycles. The summed E-state index contributed by atoms with van der Waals surface area (Å²) >= 11 is 12.1. The molecule has 3 N–H and O–H groups in total. The molecular formula is C9H12Cl2N4. The van der Waals surface area contributed by atoms with Gasteiger partial charge in [-0.15, -0.1) is 0 Å². The molecule has 82 valence electrons. The third-order valence-corrected chi connectivity index (χ3v) is 3.19. The van der Waals surface area contributed by atoms with E-state index in [1.54, 1.807) is 0 Å². The van der Waals surface area contributed by atoms with E-state index in [9.17, 15) is 0 Å². The van der Waals surface area contributed by atoms with Crippen LogP contribution in [0.1, 0.15) is 24.3 Å². The zero-order chi connectivity index (χ0) is 10.8. The van der Waals surface area contributed by atoms with Crippen molar-refractivity contribution in [2.75, 3.05) is 18.8 Å². The van der Waals surface area contributed by atoms with E-state index in [0.717, 1.165) is 31.5 Å². The van der Waals surface area contributed by atoms with Gasteiger partial charge in [0, 0.05) is 5.56 Å². The summed E-state index contributed by atoms with van der Waals surface area (Å²) in [6.07, 6.45) is 2.01. The van der Waals surface area contributed by atoms with Crippen LogP contribution in [-0.2, 0) is 0 Å². The second-order valence-electron chi connectivity index (χ2n) is 3.60. The monoisotopic (exact) mass is 246 g/mol. The molecule has 0 aliphatic carbocycles. The van der Waals surface area contributed by atoms with Crippen molar-refractivity contribution in [3.05, 3.63) is 15.9 Å². The van der Waals surface area contributed by atoms with Gasteiger partial charge in [-0.25, -0.2) is 9.97 Å². The number of anilines is 1. The number of nitrogens with zero attached hydrogens (tertiary/aromatic N) is 2. The predicted molar refractivity (Wildman–Crippen MR) is 61.3 cm³/mol. The van der Waals surface area contributed by atoms with Gasteiger partial charge in [-0.1, -0.05) is 23.2 Å². The van der Waals surface area contributed by atoms with Gasteiger partial charge < -0.3 is 11.1 Å². The Morgan fingerprint density at radius 3 is 2.20 bits per heavy atom. The highest BCUT2D eigenvalue weighted by Crippen LogP contribution is 2.34. The molecule has 6 heteroatoms. The van der Waals surface area contributed by atoms with E-state index in [1.165, 1.54) is 0 Å². The Hall–Kier alpha value is -0.580. The van der Waals surface area contributed by atoms with Crippen molar-refractivity contribution in [2.24, 2.45) is 0 Å². The Morgan fingerprint density at radius 1 is 1.13 bits per heavy atom. The van der Waals surface area contributed by atoms with Crippen molar-refractivity contribution in [3.8, 4) is 0 Å². The fourth-order valence-electron chi connectivity index (χ4n) is 1.88. The Balaban J connectivity index is 2.33. The van der Waals surface area contributed by atoms with Gasteiger partial charge in [0.2, 0.25) is 5.95 Å². The van der Waals surface area contributed by atoms with Crippen LogP contribution in [0.15, 0.2) is 0 Å². The molecule has 0 spiro atoms. The van der Waals surface area contributed by atoms with Crippen LogP contribution in [0.5, 0.6) is 0 Å². The molecule has 0 aromatic carbocycles. The van der Waals surface area contributed by atoms with Gasteiger partial charge in [0.05, 0.1) is 0 Å². The first-order chi connectivity index (χ1) is 7.18. The molecule has 2 rings (SSSR count). The molecule has 0 amide bonds. The Bertz CT molecular complexity index is 340. The number of nitrogen functional groups attached to an aromatic ring is 1. The van der Waals surface area contributed by atoms with Gasteiger partial charge in [0.15, 0.2) is 0 Å². The second kappa shape index (κ2) is 4.51. The highest BCUT2D eigenvalue weighted by atomic mass is 35.5. The number of hydrogen-bond donors (Lipinski definition) is 2. The Labute approximate surface area is 98.2 Å². The number of halogens is 2. The number of aromatic nitrogens is 2. The zero-order valence-electron chi connectivity index (χ0n) is 8.13. The van der Waals surface area contributed by atoms with Gasteiger partial charge in [-0.2, -0.15) is 0 Å². The zero-order valence-corrected chi connectivity index (χ0v) is 9.65. The molecule has 2 heterocycles. The molecule has 1 fully saturated rings. The normalized spacial score (nSPS) is 18.0. The smallest absolute Gasteiger partial charge is 0.222 e. The number of piperidine rings is 1. The van der Waals surface area contributed by atoms with E-state index >= 15 is 0 Å². The fraction of sp³-hybridized carbons (Fsp3) is 0.556. The van der Waals surface area contributed by atoms with Gasteiger partial charge in [-0.3, -0.25) is 0 Å². The number of rotatable bonds is 1. The van der Waals surface area contributed by atoms with Crippen LogP contribution in [0.3, 0.4) is 0 Å². The van der Waals surface area contributed by atoms with Gasteiger partial charge in [0.25, 0.3) is 0 Å². The molecular weight excluding hydrogens is 235 g/mol. The lowest BCUT2D eigenvalue weighted by Gasteiger charge is -2.23. The first kappa shape index (κ1) is 10.9. The van der Waals surface area contributed by atoms with Crippen molar-refractivity contribution in [2.45, 2.75) is 18.8 Å². The second-order valence-corrected chi connectivity index (χ2v) is 4.32. The van der Waals surface area contributed by atoms with Crippen LogP contribution in [0, 0.1) is 0 Å². The molecule has 1 aromatic rings. The summed E-state index contributed by atoms with van der Waals surface area (Å²) in [4.78, 5) is 7.87. The minimum Gasteiger partial charge on any atom is -0.368 e. The third-order valence-electron chi connectivity index (χ3n) is 2.62. The fourth-order valence-corrected chi connectivity index (χ4v) is 2.59. The van der Waals surface area contributed by atoms with E-state index in [-0.39, 0.29) is 5.95 Å². The number of nitrogens with one attached hydrogen (secondary N) is 1. The van der Waals surface area contributed by atoms with Crippen LogP contribution in [-0.4, -0.2) is 23.1 Å². The first-order valence-corrected chi connectivity index (χ1v) is 5.63. The number of hydrogen-bond acceptors (Lipinski definition) is 4. The topological polar surface area (TPSA) is 63.8 Å². The summed E-state index contributed by atoms with van der Waals surface area (Å²) in [7, 11) is 0. The van der Waals surface area contributed by atoms with Crippen LogP contribution >= 0.6 is 23.2 Å². The highest BCUT2D eigenvalue weighted by molar-refractivity contribution is 6.34. The lowest BCUT2D eigenvalue weighted by atomic mass is 9.92.